The second kappa shape index (κ2) is 9.59. The number of carbonyl (C=O) groups is 1. The smallest absolute Gasteiger partial charge is 0.264 e. The van der Waals surface area contributed by atoms with E-state index < -0.39 is 5.91 Å². The van der Waals surface area contributed by atoms with Gasteiger partial charge in [0, 0.05) is 22.2 Å². The minimum absolute atomic E-state index is 0.235. The van der Waals surface area contributed by atoms with Crippen molar-refractivity contribution in [2.45, 2.75) is 24.7 Å². The molecule has 32 heavy (non-hydrogen) atoms. The number of rotatable bonds is 6. The first-order valence-corrected chi connectivity index (χ1v) is 11.8. The fourth-order valence-corrected chi connectivity index (χ4v) is 4.29. The third kappa shape index (κ3) is 4.56. The minimum atomic E-state index is -0.553. The molecule has 4 rings (SSSR count). The number of allylic oxidation sites excluding steroid dienone is 1. The molecule has 1 heterocycles. The molecule has 0 unspecified atom stereocenters. The van der Waals surface area contributed by atoms with Crippen molar-refractivity contribution in [2.24, 2.45) is 10.8 Å². The van der Waals surface area contributed by atoms with E-state index in [4.69, 9.17) is 17.3 Å². The van der Waals surface area contributed by atoms with E-state index in [1.807, 2.05) is 42.7 Å². The van der Waals surface area contributed by atoms with Crippen LogP contribution in [-0.2, 0) is 11.2 Å². The van der Waals surface area contributed by atoms with Crippen LogP contribution in [-0.4, -0.2) is 22.9 Å². The third-order valence-electron chi connectivity index (χ3n) is 5.36. The largest absolute Gasteiger partial charge is 0.365 e. The van der Waals surface area contributed by atoms with Crippen molar-refractivity contribution in [3.8, 4) is 11.1 Å². The van der Waals surface area contributed by atoms with E-state index in [0.717, 1.165) is 45.8 Å². The molecule has 5 nitrogen and oxygen atoms in total. The number of anilines is 1. The summed E-state index contributed by atoms with van der Waals surface area (Å²) in [6.07, 6.45) is 7.67. The van der Waals surface area contributed by atoms with Gasteiger partial charge in [-0.25, -0.2) is 9.99 Å². The lowest BCUT2D eigenvalue weighted by Crippen LogP contribution is -2.26. The number of hydrazone groups is 1. The Morgan fingerprint density at radius 2 is 1.94 bits per heavy atom. The van der Waals surface area contributed by atoms with Crippen molar-refractivity contribution in [3.63, 3.8) is 0 Å². The van der Waals surface area contributed by atoms with Crippen LogP contribution in [0.25, 0.3) is 16.8 Å². The van der Waals surface area contributed by atoms with Gasteiger partial charge in [-0.3, -0.25) is 4.79 Å². The van der Waals surface area contributed by atoms with E-state index in [1.54, 1.807) is 29.9 Å². The number of aryl methyl sites for hydroxylation is 1. The molecule has 162 valence electrons. The Morgan fingerprint density at radius 1 is 1.16 bits per heavy atom. The Labute approximate surface area is 197 Å². The quantitative estimate of drug-likeness (QED) is 0.218. The fourth-order valence-electron chi connectivity index (χ4n) is 3.65. The summed E-state index contributed by atoms with van der Waals surface area (Å²) in [4.78, 5) is 17.2. The molecule has 0 saturated heterocycles. The molecule has 3 aromatic rings. The van der Waals surface area contributed by atoms with Crippen LogP contribution in [0, 0.1) is 0 Å². The molecular weight excluding hydrogens is 440 g/mol. The molecule has 1 amide bonds. The van der Waals surface area contributed by atoms with Gasteiger partial charge in [-0.1, -0.05) is 29.8 Å². The molecule has 0 fully saturated rings. The molecule has 1 aliphatic rings. The number of fused-ring (bicyclic) bond motifs is 1. The Hall–Kier alpha value is -3.09. The Balaban J connectivity index is 1.84. The van der Waals surface area contributed by atoms with E-state index >= 15 is 0 Å². The number of amides is 1. The molecule has 2 aromatic carbocycles. The number of nitrogens with two attached hydrogens (primary N) is 1. The number of nitrogens with zero attached hydrogens (tertiary/aromatic N) is 3. The molecule has 0 radical (unpaired) electrons. The van der Waals surface area contributed by atoms with Gasteiger partial charge in [-0.05, 0) is 79.6 Å². The zero-order valence-corrected chi connectivity index (χ0v) is 19.5. The number of thioether (sulfide) groups is 1. The highest BCUT2D eigenvalue weighted by Crippen LogP contribution is 2.37. The SMILES string of the molecule is CSc1ccc(N(/N=C(\C)C(N)=O)C2=CCCc3ccc(-c4cccnc4Cl)cc32)cc1. The summed E-state index contributed by atoms with van der Waals surface area (Å²) in [5, 5.41) is 6.87. The number of halogens is 1. The summed E-state index contributed by atoms with van der Waals surface area (Å²) in [6.45, 7) is 1.63. The van der Waals surface area contributed by atoms with Crippen molar-refractivity contribution < 1.29 is 4.79 Å². The van der Waals surface area contributed by atoms with Gasteiger partial charge in [0.1, 0.15) is 10.9 Å². The van der Waals surface area contributed by atoms with Crippen LogP contribution < -0.4 is 10.7 Å². The molecule has 0 bridgehead atoms. The van der Waals surface area contributed by atoms with Crippen molar-refractivity contribution >= 4 is 46.4 Å². The first-order chi connectivity index (χ1) is 15.5. The van der Waals surface area contributed by atoms with Gasteiger partial charge in [0.2, 0.25) is 0 Å². The highest BCUT2D eigenvalue weighted by atomic mass is 35.5. The van der Waals surface area contributed by atoms with Crippen LogP contribution in [0.5, 0.6) is 0 Å². The first kappa shape index (κ1) is 22.1. The van der Waals surface area contributed by atoms with E-state index in [1.165, 1.54) is 5.56 Å². The van der Waals surface area contributed by atoms with Crippen LogP contribution in [0.3, 0.4) is 0 Å². The number of primary amides is 1. The monoisotopic (exact) mass is 462 g/mol. The zero-order valence-electron chi connectivity index (χ0n) is 17.9. The lowest BCUT2D eigenvalue weighted by atomic mass is 9.91. The van der Waals surface area contributed by atoms with Crippen LogP contribution in [0.15, 0.2) is 76.9 Å². The molecule has 7 heteroatoms. The number of benzene rings is 2. The summed E-state index contributed by atoms with van der Waals surface area (Å²) in [6, 6.07) is 18.2. The van der Waals surface area contributed by atoms with Crippen LogP contribution in [0.1, 0.15) is 24.5 Å². The normalized spacial score (nSPS) is 13.3. The van der Waals surface area contributed by atoms with Crippen LogP contribution >= 0.6 is 23.4 Å². The summed E-state index contributed by atoms with van der Waals surface area (Å²) >= 11 is 8.03. The van der Waals surface area contributed by atoms with Crippen molar-refractivity contribution in [2.75, 3.05) is 11.3 Å². The molecule has 1 aromatic heterocycles. The Morgan fingerprint density at radius 3 is 2.62 bits per heavy atom. The summed E-state index contributed by atoms with van der Waals surface area (Å²) < 4.78 is 0. The zero-order chi connectivity index (χ0) is 22.7. The molecule has 0 saturated carbocycles. The van der Waals surface area contributed by atoms with Gasteiger partial charge in [0.05, 0.1) is 11.4 Å². The molecular formula is C25H23ClN4OS. The number of pyridine rings is 1. The highest BCUT2D eigenvalue weighted by molar-refractivity contribution is 7.98. The molecule has 1 aliphatic carbocycles. The van der Waals surface area contributed by atoms with Gasteiger partial charge >= 0.3 is 0 Å². The standard InChI is InChI=1S/C25H23ClN4OS/c1-16(25(27)31)29-30(19-10-12-20(32-2)13-11-19)23-7-3-5-17-8-9-18(15-22(17)23)21-6-4-14-28-24(21)26/h4,6-15H,3,5H2,1-2H3,(H2,27,31)/b29-16+. The van der Waals surface area contributed by atoms with Crippen molar-refractivity contribution in [1.29, 1.82) is 0 Å². The second-order valence-corrected chi connectivity index (χ2v) is 8.64. The number of hydrogen-bond donors (Lipinski definition) is 1. The summed E-state index contributed by atoms with van der Waals surface area (Å²) in [5.41, 5.74) is 11.6. The first-order valence-electron chi connectivity index (χ1n) is 10.2. The second-order valence-electron chi connectivity index (χ2n) is 7.40. The number of carbonyl (C=O) groups excluding carboxylic acids is 1. The minimum Gasteiger partial charge on any atom is -0.365 e. The topological polar surface area (TPSA) is 71.6 Å². The average Bonchev–Trinajstić information content (AvgIpc) is 2.82. The van der Waals surface area contributed by atoms with Gasteiger partial charge in [0.15, 0.2) is 0 Å². The van der Waals surface area contributed by atoms with Crippen molar-refractivity contribution in [1.82, 2.24) is 4.98 Å². The van der Waals surface area contributed by atoms with Crippen LogP contribution in [0.4, 0.5) is 5.69 Å². The van der Waals surface area contributed by atoms with Gasteiger partial charge in [0.25, 0.3) is 5.91 Å². The van der Waals surface area contributed by atoms with E-state index in [9.17, 15) is 4.79 Å². The predicted molar refractivity (Wildman–Crippen MR) is 134 cm³/mol. The van der Waals surface area contributed by atoms with E-state index in [-0.39, 0.29) is 5.71 Å². The maximum Gasteiger partial charge on any atom is 0.264 e. The van der Waals surface area contributed by atoms with E-state index in [0.29, 0.717) is 5.15 Å². The third-order valence-corrected chi connectivity index (χ3v) is 6.40. The number of hydrogen-bond acceptors (Lipinski definition) is 5. The molecule has 2 N–H and O–H groups in total. The molecule has 0 spiro atoms. The fraction of sp³-hybridized carbons (Fsp3) is 0.160. The summed E-state index contributed by atoms with van der Waals surface area (Å²) in [5.74, 6) is -0.553. The Bertz CT molecular complexity index is 1220. The molecule has 0 aliphatic heterocycles. The van der Waals surface area contributed by atoms with E-state index in [2.05, 4.69) is 34.4 Å². The predicted octanol–water partition coefficient (Wildman–Crippen LogP) is 5.78. The highest BCUT2D eigenvalue weighted by Gasteiger charge is 2.22. The number of aromatic nitrogens is 1. The maximum atomic E-state index is 11.8. The lowest BCUT2D eigenvalue weighted by molar-refractivity contribution is -0.112. The van der Waals surface area contributed by atoms with Gasteiger partial charge in [-0.2, -0.15) is 5.10 Å². The molecule has 0 atom stereocenters. The Kier molecular flexibility index (Phi) is 6.63. The van der Waals surface area contributed by atoms with Gasteiger partial charge in [-0.15, -0.1) is 11.8 Å². The van der Waals surface area contributed by atoms with Crippen LogP contribution in [0.2, 0.25) is 5.15 Å². The van der Waals surface area contributed by atoms with Gasteiger partial charge < -0.3 is 5.73 Å². The average molecular weight is 463 g/mol. The van der Waals surface area contributed by atoms with Crippen molar-refractivity contribution in [3.05, 3.63) is 83.2 Å². The lowest BCUT2D eigenvalue weighted by Gasteiger charge is -2.28. The maximum absolute atomic E-state index is 11.8. The summed E-state index contributed by atoms with van der Waals surface area (Å²) in [7, 11) is 0.